The summed E-state index contributed by atoms with van der Waals surface area (Å²) >= 11 is 5.96. The van der Waals surface area contributed by atoms with Gasteiger partial charge in [-0.3, -0.25) is 0 Å². The SMILES string of the molecule is Cc1nc2n(c1-c1ccc(Cl)cc1)C(C)CCC2. The molecule has 94 valence electrons. The minimum absolute atomic E-state index is 0.542. The quantitative estimate of drug-likeness (QED) is 0.743. The van der Waals surface area contributed by atoms with Gasteiger partial charge in [0.25, 0.3) is 0 Å². The smallest absolute Gasteiger partial charge is 0.109 e. The molecule has 0 amide bonds. The molecule has 1 aromatic heterocycles. The molecule has 3 heteroatoms. The molecule has 1 unspecified atom stereocenters. The van der Waals surface area contributed by atoms with E-state index < -0.39 is 0 Å². The normalized spacial score (nSPS) is 18.7. The van der Waals surface area contributed by atoms with Crippen molar-refractivity contribution in [2.45, 2.75) is 39.2 Å². The largest absolute Gasteiger partial charge is 0.325 e. The summed E-state index contributed by atoms with van der Waals surface area (Å²) in [6.45, 7) is 4.38. The van der Waals surface area contributed by atoms with Gasteiger partial charge in [0, 0.05) is 23.0 Å². The van der Waals surface area contributed by atoms with Gasteiger partial charge in [-0.2, -0.15) is 0 Å². The van der Waals surface area contributed by atoms with Crippen molar-refractivity contribution >= 4 is 11.6 Å². The molecule has 0 N–H and O–H groups in total. The van der Waals surface area contributed by atoms with Crippen LogP contribution in [0, 0.1) is 6.92 Å². The molecule has 18 heavy (non-hydrogen) atoms. The van der Waals surface area contributed by atoms with Crippen LogP contribution in [0.2, 0.25) is 5.02 Å². The van der Waals surface area contributed by atoms with Gasteiger partial charge in [-0.1, -0.05) is 23.7 Å². The molecule has 2 nitrogen and oxygen atoms in total. The lowest BCUT2D eigenvalue weighted by Gasteiger charge is -2.24. The average molecular weight is 261 g/mol. The van der Waals surface area contributed by atoms with E-state index in [0.717, 1.165) is 17.1 Å². The number of benzene rings is 1. The molecule has 0 spiro atoms. The highest BCUT2D eigenvalue weighted by Crippen LogP contribution is 2.34. The Kier molecular flexibility index (Phi) is 2.90. The van der Waals surface area contributed by atoms with Crippen LogP contribution < -0.4 is 0 Å². The number of hydrogen-bond donors (Lipinski definition) is 0. The maximum absolute atomic E-state index is 5.96. The molecular weight excluding hydrogens is 244 g/mol. The fraction of sp³-hybridized carbons (Fsp3) is 0.400. The topological polar surface area (TPSA) is 17.8 Å². The Bertz CT molecular complexity index is 569. The van der Waals surface area contributed by atoms with E-state index in [9.17, 15) is 0 Å². The molecule has 1 atom stereocenters. The summed E-state index contributed by atoms with van der Waals surface area (Å²) in [4.78, 5) is 4.73. The standard InChI is InChI=1S/C15H17ClN2/c1-10-4-3-5-14-17-11(2)15(18(10)14)12-6-8-13(16)9-7-12/h6-10H,3-5H2,1-2H3. The minimum Gasteiger partial charge on any atom is -0.325 e. The molecule has 1 aliphatic rings. The number of imidazole rings is 1. The second-order valence-electron chi connectivity index (χ2n) is 5.08. The van der Waals surface area contributed by atoms with Gasteiger partial charge >= 0.3 is 0 Å². The Balaban J connectivity index is 2.17. The molecule has 0 saturated carbocycles. The molecule has 1 aliphatic heterocycles. The van der Waals surface area contributed by atoms with Crippen molar-refractivity contribution in [3.8, 4) is 11.3 Å². The van der Waals surface area contributed by atoms with Gasteiger partial charge in [0.1, 0.15) is 5.82 Å². The van der Waals surface area contributed by atoms with Crippen molar-refractivity contribution in [2.24, 2.45) is 0 Å². The molecule has 0 aliphatic carbocycles. The van der Waals surface area contributed by atoms with Gasteiger partial charge in [0.2, 0.25) is 0 Å². The number of hydrogen-bond acceptors (Lipinski definition) is 1. The number of halogens is 1. The van der Waals surface area contributed by atoms with Crippen LogP contribution in [0.4, 0.5) is 0 Å². The van der Waals surface area contributed by atoms with E-state index in [1.165, 1.54) is 29.9 Å². The maximum atomic E-state index is 5.96. The second-order valence-corrected chi connectivity index (χ2v) is 5.52. The molecule has 0 saturated heterocycles. The number of aryl methyl sites for hydroxylation is 2. The van der Waals surface area contributed by atoms with Crippen molar-refractivity contribution in [1.82, 2.24) is 9.55 Å². The van der Waals surface area contributed by atoms with E-state index in [4.69, 9.17) is 16.6 Å². The summed E-state index contributed by atoms with van der Waals surface area (Å²) in [6, 6.07) is 8.61. The second kappa shape index (κ2) is 4.43. The Labute approximate surface area is 113 Å². The van der Waals surface area contributed by atoms with E-state index in [1.807, 2.05) is 12.1 Å². The fourth-order valence-corrected chi connectivity index (χ4v) is 3.02. The van der Waals surface area contributed by atoms with Crippen LogP contribution in [0.1, 0.15) is 37.3 Å². The summed E-state index contributed by atoms with van der Waals surface area (Å²) in [5, 5.41) is 0.780. The maximum Gasteiger partial charge on any atom is 0.109 e. The Morgan fingerprint density at radius 3 is 2.72 bits per heavy atom. The third kappa shape index (κ3) is 1.85. The van der Waals surface area contributed by atoms with Crippen LogP contribution in [0.3, 0.4) is 0 Å². The van der Waals surface area contributed by atoms with Crippen LogP contribution in [0.25, 0.3) is 11.3 Å². The summed E-state index contributed by atoms with van der Waals surface area (Å²) < 4.78 is 2.40. The zero-order chi connectivity index (χ0) is 12.7. The van der Waals surface area contributed by atoms with E-state index in [2.05, 4.69) is 30.5 Å². The Morgan fingerprint density at radius 2 is 2.00 bits per heavy atom. The summed E-state index contributed by atoms with van der Waals surface area (Å²) in [5.74, 6) is 1.23. The van der Waals surface area contributed by atoms with Crippen molar-refractivity contribution in [3.63, 3.8) is 0 Å². The van der Waals surface area contributed by atoms with E-state index >= 15 is 0 Å². The number of aromatic nitrogens is 2. The van der Waals surface area contributed by atoms with E-state index in [1.54, 1.807) is 0 Å². The van der Waals surface area contributed by atoms with E-state index in [0.29, 0.717) is 6.04 Å². The zero-order valence-electron chi connectivity index (χ0n) is 10.8. The van der Waals surface area contributed by atoms with Gasteiger partial charge in [-0.15, -0.1) is 0 Å². The lowest BCUT2D eigenvalue weighted by molar-refractivity contribution is 0.429. The van der Waals surface area contributed by atoms with Gasteiger partial charge in [0.05, 0.1) is 11.4 Å². The molecule has 0 bridgehead atoms. The van der Waals surface area contributed by atoms with Crippen LogP contribution in [0.5, 0.6) is 0 Å². The highest BCUT2D eigenvalue weighted by atomic mass is 35.5. The molecule has 0 fully saturated rings. The summed E-state index contributed by atoms with van der Waals surface area (Å²) in [7, 11) is 0. The Morgan fingerprint density at radius 1 is 1.28 bits per heavy atom. The third-order valence-corrected chi connectivity index (χ3v) is 3.99. The first-order chi connectivity index (χ1) is 8.66. The predicted octanol–water partition coefficient (Wildman–Crippen LogP) is 4.41. The zero-order valence-corrected chi connectivity index (χ0v) is 11.5. The first kappa shape index (κ1) is 11.8. The van der Waals surface area contributed by atoms with Crippen molar-refractivity contribution < 1.29 is 0 Å². The number of rotatable bonds is 1. The van der Waals surface area contributed by atoms with Gasteiger partial charge in [-0.05, 0) is 38.8 Å². The third-order valence-electron chi connectivity index (χ3n) is 3.74. The Hall–Kier alpha value is -1.28. The van der Waals surface area contributed by atoms with Crippen LogP contribution >= 0.6 is 11.6 Å². The lowest BCUT2D eigenvalue weighted by atomic mass is 10.0. The monoisotopic (exact) mass is 260 g/mol. The van der Waals surface area contributed by atoms with Crippen molar-refractivity contribution in [3.05, 3.63) is 40.8 Å². The lowest BCUT2D eigenvalue weighted by Crippen LogP contribution is -2.16. The van der Waals surface area contributed by atoms with Crippen molar-refractivity contribution in [2.75, 3.05) is 0 Å². The molecule has 2 aromatic rings. The van der Waals surface area contributed by atoms with Gasteiger partial charge in [0.15, 0.2) is 0 Å². The highest BCUT2D eigenvalue weighted by molar-refractivity contribution is 6.30. The predicted molar refractivity (Wildman–Crippen MR) is 75.1 cm³/mol. The van der Waals surface area contributed by atoms with Crippen LogP contribution in [-0.2, 0) is 6.42 Å². The summed E-state index contributed by atoms with van der Waals surface area (Å²) in [6.07, 6.45) is 3.58. The van der Waals surface area contributed by atoms with Crippen LogP contribution in [-0.4, -0.2) is 9.55 Å². The van der Waals surface area contributed by atoms with Crippen molar-refractivity contribution in [1.29, 1.82) is 0 Å². The first-order valence-corrected chi connectivity index (χ1v) is 6.88. The summed E-state index contributed by atoms with van der Waals surface area (Å²) in [5.41, 5.74) is 3.60. The minimum atomic E-state index is 0.542. The fourth-order valence-electron chi connectivity index (χ4n) is 2.90. The molecular formula is C15H17ClN2. The molecule has 0 radical (unpaired) electrons. The average Bonchev–Trinajstić information content (AvgIpc) is 2.68. The first-order valence-electron chi connectivity index (χ1n) is 6.50. The highest BCUT2D eigenvalue weighted by Gasteiger charge is 2.23. The molecule has 1 aromatic carbocycles. The van der Waals surface area contributed by atoms with Crippen LogP contribution in [0.15, 0.2) is 24.3 Å². The molecule has 3 rings (SSSR count). The van der Waals surface area contributed by atoms with Gasteiger partial charge < -0.3 is 4.57 Å². The van der Waals surface area contributed by atoms with Gasteiger partial charge in [-0.25, -0.2) is 4.98 Å². The van der Waals surface area contributed by atoms with E-state index in [-0.39, 0.29) is 0 Å². The number of nitrogens with zero attached hydrogens (tertiary/aromatic N) is 2. The molecule has 2 heterocycles. The number of fused-ring (bicyclic) bond motifs is 1.